The van der Waals surface area contributed by atoms with Gasteiger partial charge in [0.25, 0.3) is 0 Å². The van der Waals surface area contributed by atoms with Gasteiger partial charge in [-0.05, 0) is 35.4 Å². The largest absolute Gasteiger partial charge is 0.368 e. The van der Waals surface area contributed by atoms with Crippen molar-refractivity contribution in [3.8, 4) is 6.07 Å². The summed E-state index contributed by atoms with van der Waals surface area (Å²) in [7, 11) is 0. The number of nitrogens with one attached hydrogen (secondary N) is 2. The molecule has 0 bridgehead atoms. The van der Waals surface area contributed by atoms with E-state index in [0.717, 1.165) is 0 Å². The van der Waals surface area contributed by atoms with Crippen LogP contribution in [0, 0.1) is 17.1 Å². The Bertz CT molecular complexity index is 955. The summed E-state index contributed by atoms with van der Waals surface area (Å²) in [6.45, 7) is 1.25. The second-order valence-corrected chi connectivity index (χ2v) is 6.57. The van der Waals surface area contributed by atoms with Crippen molar-refractivity contribution in [3.05, 3.63) is 71.0 Å². The zero-order valence-electron chi connectivity index (χ0n) is 15.8. The van der Waals surface area contributed by atoms with Gasteiger partial charge in [-0.3, -0.25) is 14.4 Å². The Morgan fingerprint density at radius 1 is 1.03 bits per heavy atom. The molecule has 29 heavy (non-hydrogen) atoms. The molecule has 2 rings (SSSR count). The molecule has 0 unspecified atom stereocenters. The van der Waals surface area contributed by atoms with Crippen molar-refractivity contribution < 1.29 is 18.8 Å². The number of rotatable bonds is 8. The van der Waals surface area contributed by atoms with Gasteiger partial charge in [0.15, 0.2) is 0 Å². The van der Waals surface area contributed by atoms with Crippen LogP contribution in [0.25, 0.3) is 0 Å². The lowest BCUT2D eigenvalue weighted by Gasteiger charge is -2.22. The molecule has 0 heterocycles. The number of carbonyl (C=O) groups is 3. The molecule has 3 amide bonds. The molecule has 2 aromatic rings. The highest BCUT2D eigenvalue weighted by atomic mass is 19.1. The number of benzene rings is 2. The van der Waals surface area contributed by atoms with E-state index in [9.17, 15) is 18.8 Å². The van der Waals surface area contributed by atoms with Gasteiger partial charge in [0.1, 0.15) is 17.9 Å². The minimum absolute atomic E-state index is 0.0403. The van der Waals surface area contributed by atoms with Gasteiger partial charge in [0.05, 0.1) is 11.6 Å². The zero-order chi connectivity index (χ0) is 21.4. The standard InChI is InChI=1S/C21H21FN4O3/c1-13(27)25-19(11-15-5-3-7-17(22)9-15)21(29)26-18(20(24)28)10-14-4-2-6-16(8-14)12-23/h2-9,18-19H,10-11H2,1H3,(H2,24,28)(H,25,27)(H,26,29)/t18-,19+/m0/s1. The monoisotopic (exact) mass is 396 g/mol. The van der Waals surface area contributed by atoms with Crippen molar-refractivity contribution in [1.82, 2.24) is 10.6 Å². The van der Waals surface area contributed by atoms with Crippen molar-refractivity contribution in [2.75, 3.05) is 0 Å². The molecular weight excluding hydrogens is 375 g/mol. The first kappa shape index (κ1) is 21.6. The molecule has 4 N–H and O–H groups in total. The molecule has 0 aliphatic heterocycles. The maximum atomic E-state index is 13.4. The summed E-state index contributed by atoms with van der Waals surface area (Å²) >= 11 is 0. The predicted molar refractivity (Wildman–Crippen MR) is 104 cm³/mol. The van der Waals surface area contributed by atoms with Crippen molar-refractivity contribution in [2.45, 2.75) is 31.8 Å². The van der Waals surface area contributed by atoms with E-state index in [0.29, 0.717) is 16.7 Å². The van der Waals surface area contributed by atoms with E-state index in [1.165, 1.54) is 25.1 Å². The van der Waals surface area contributed by atoms with Crippen molar-refractivity contribution >= 4 is 17.7 Å². The Morgan fingerprint density at radius 3 is 2.24 bits per heavy atom. The number of primary amides is 1. The van der Waals surface area contributed by atoms with Crippen LogP contribution < -0.4 is 16.4 Å². The van der Waals surface area contributed by atoms with Crippen LogP contribution in [0.2, 0.25) is 0 Å². The summed E-state index contributed by atoms with van der Waals surface area (Å²) in [6, 6.07) is 12.2. The highest BCUT2D eigenvalue weighted by Gasteiger charge is 2.25. The Morgan fingerprint density at radius 2 is 1.66 bits per heavy atom. The van der Waals surface area contributed by atoms with Crippen LogP contribution >= 0.6 is 0 Å². The van der Waals surface area contributed by atoms with E-state index in [-0.39, 0.29) is 12.8 Å². The molecule has 0 saturated carbocycles. The Hall–Kier alpha value is -3.73. The SMILES string of the molecule is CC(=O)N[C@H](Cc1cccc(F)c1)C(=O)N[C@@H](Cc1cccc(C#N)c1)C(N)=O. The summed E-state index contributed by atoms with van der Waals surface area (Å²) < 4.78 is 13.4. The molecule has 0 radical (unpaired) electrons. The summed E-state index contributed by atoms with van der Waals surface area (Å²) in [5.74, 6) is -2.28. The van der Waals surface area contributed by atoms with Crippen LogP contribution in [-0.2, 0) is 27.2 Å². The summed E-state index contributed by atoms with van der Waals surface area (Å²) in [5, 5.41) is 14.0. The summed E-state index contributed by atoms with van der Waals surface area (Å²) in [5.41, 5.74) is 7.00. The van der Waals surface area contributed by atoms with Gasteiger partial charge in [-0.15, -0.1) is 0 Å². The number of nitrogens with zero attached hydrogens (tertiary/aromatic N) is 1. The average Bonchev–Trinajstić information content (AvgIpc) is 2.66. The minimum atomic E-state index is -1.04. The lowest BCUT2D eigenvalue weighted by atomic mass is 10.0. The van der Waals surface area contributed by atoms with E-state index < -0.39 is 35.6 Å². The highest BCUT2D eigenvalue weighted by molar-refractivity contribution is 5.91. The van der Waals surface area contributed by atoms with Gasteiger partial charge in [-0.2, -0.15) is 5.26 Å². The molecule has 2 aromatic carbocycles. The predicted octanol–water partition coefficient (Wildman–Crippen LogP) is 0.957. The minimum Gasteiger partial charge on any atom is -0.368 e. The molecule has 150 valence electrons. The lowest BCUT2D eigenvalue weighted by molar-refractivity contribution is -0.130. The molecule has 0 fully saturated rings. The number of carbonyl (C=O) groups excluding carboxylic acids is 3. The molecule has 2 atom stereocenters. The smallest absolute Gasteiger partial charge is 0.243 e. The fourth-order valence-corrected chi connectivity index (χ4v) is 2.85. The van der Waals surface area contributed by atoms with Crippen LogP contribution in [0.3, 0.4) is 0 Å². The van der Waals surface area contributed by atoms with E-state index in [4.69, 9.17) is 11.0 Å². The van der Waals surface area contributed by atoms with E-state index >= 15 is 0 Å². The molecule has 0 aliphatic rings. The Balaban J connectivity index is 2.16. The van der Waals surface area contributed by atoms with E-state index in [1.54, 1.807) is 30.3 Å². The zero-order valence-corrected chi connectivity index (χ0v) is 15.8. The van der Waals surface area contributed by atoms with Crippen molar-refractivity contribution in [3.63, 3.8) is 0 Å². The van der Waals surface area contributed by atoms with Gasteiger partial charge in [-0.25, -0.2) is 4.39 Å². The fraction of sp³-hybridized carbons (Fsp3) is 0.238. The molecule has 0 aliphatic carbocycles. The second kappa shape index (κ2) is 9.99. The van der Waals surface area contributed by atoms with Gasteiger partial charge in [-0.1, -0.05) is 24.3 Å². The molecule has 0 aromatic heterocycles. The number of halogens is 1. The third-order valence-corrected chi connectivity index (χ3v) is 4.18. The van der Waals surface area contributed by atoms with Gasteiger partial charge >= 0.3 is 0 Å². The Labute approximate surface area is 167 Å². The maximum Gasteiger partial charge on any atom is 0.243 e. The first-order valence-corrected chi connectivity index (χ1v) is 8.88. The third-order valence-electron chi connectivity index (χ3n) is 4.18. The van der Waals surface area contributed by atoms with Gasteiger partial charge in [0, 0.05) is 19.8 Å². The quantitative estimate of drug-likeness (QED) is 0.614. The van der Waals surface area contributed by atoms with Gasteiger partial charge in [0.2, 0.25) is 17.7 Å². The number of hydrogen-bond acceptors (Lipinski definition) is 4. The van der Waals surface area contributed by atoms with Crippen molar-refractivity contribution in [2.24, 2.45) is 5.73 Å². The van der Waals surface area contributed by atoms with Crippen molar-refractivity contribution in [1.29, 1.82) is 5.26 Å². The van der Waals surface area contributed by atoms with Crippen LogP contribution in [-0.4, -0.2) is 29.8 Å². The lowest BCUT2D eigenvalue weighted by Crippen LogP contribution is -2.54. The topological polar surface area (TPSA) is 125 Å². The third kappa shape index (κ3) is 6.74. The first-order chi connectivity index (χ1) is 13.8. The fourth-order valence-electron chi connectivity index (χ4n) is 2.85. The van der Waals surface area contributed by atoms with Crippen LogP contribution in [0.4, 0.5) is 4.39 Å². The molecule has 7 nitrogen and oxygen atoms in total. The Kier molecular flexibility index (Phi) is 7.43. The molecule has 0 spiro atoms. The highest BCUT2D eigenvalue weighted by Crippen LogP contribution is 2.10. The van der Waals surface area contributed by atoms with E-state index in [2.05, 4.69) is 10.6 Å². The van der Waals surface area contributed by atoms with Crippen LogP contribution in [0.5, 0.6) is 0 Å². The van der Waals surface area contributed by atoms with Crippen LogP contribution in [0.1, 0.15) is 23.6 Å². The molecule has 8 heteroatoms. The number of nitriles is 1. The first-order valence-electron chi connectivity index (χ1n) is 8.88. The summed E-state index contributed by atoms with van der Waals surface area (Å²) in [4.78, 5) is 36.1. The normalized spacial score (nSPS) is 12.3. The number of amides is 3. The second-order valence-electron chi connectivity index (χ2n) is 6.57. The molecule has 0 saturated heterocycles. The van der Waals surface area contributed by atoms with E-state index in [1.807, 2.05) is 6.07 Å². The number of nitrogens with two attached hydrogens (primary N) is 1. The molecular formula is C21H21FN4O3. The summed E-state index contributed by atoms with van der Waals surface area (Å²) in [6.07, 6.45) is 0.127. The maximum absolute atomic E-state index is 13.4. The average molecular weight is 396 g/mol. The van der Waals surface area contributed by atoms with Crippen LogP contribution in [0.15, 0.2) is 48.5 Å². The van der Waals surface area contributed by atoms with Gasteiger partial charge < -0.3 is 16.4 Å². The number of hydrogen-bond donors (Lipinski definition) is 3.